The highest BCUT2D eigenvalue weighted by Gasteiger charge is 2.11. The van der Waals surface area contributed by atoms with Crippen LogP contribution in [0.2, 0.25) is 0 Å². The molecule has 0 atom stereocenters. The first-order chi connectivity index (χ1) is 9.63. The van der Waals surface area contributed by atoms with Crippen LogP contribution < -0.4 is 14.8 Å². The monoisotopic (exact) mass is 275 g/mol. The van der Waals surface area contributed by atoms with Crippen molar-refractivity contribution in [2.24, 2.45) is 0 Å². The van der Waals surface area contributed by atoms with Gasteiger partial charge in [-0.2, -0.15) is 0 Å². The lowest BCUT2D eigenvalue weighted by molar-refractivity contribution is 0.394. The van der Waals surface area contributed by atoms with Crippen molar-refractivity contribution in [3.05, 3.63) is 36.1 Å². The third kappa shape index (κ3) is 3.33. The number of hydrogen-bond donors (Lipinski definition) is 1. The molecular formula is C16H21NO3. The van der Waals surface area contributed by atoms with E-state index in [0.717, 1.165) is 35.1 Å². The van der Waals surface area contributed by atoms with E-state index in [9.17, 15) is 0 Å². The molecule has 0 amide bonds. The van der Waals surface area contributed by atoms with Gasteiger partial charge in [0.2, 0.25) is 0 Å². The molecule has 1 aromatic heterocycles. The number of benzene rings is 1. The number of hydrogen-bond acceptors (Lipinski definition) is 4. The van der Waals surface area contributed by atoms with Crippen molar-refractivity contribution in [1.82, 2.24) is 5.32 Å². The van der Waals surface area contributed by atoms with E-state index in [-0.39, 0.29) is 0 Å². The molecule has 2 aromatic rings. The van der Waals surface area contributed by atoms with Crippen LogP contribution in [-0.4, -0.2) is 20.3 Å². The predicted octanol–water partition coefficient (Wildman–Crippen LogP) is 3.46. The van der Waals surface area contributed by atoms with Crippen LogP contribution in [0.3, 0.4) is 0 Å². The summed E-state index contributed by atoms with van der Waals surface area (Å²) in [6, 6.07) is 10.1. The van der Waals surface area contributed by atoms with E-state index < -0.39 is 0 Å². The predicted molar refractivity (Wildman–Crippen MR) is 79.2 cm³/mol. The summed E-state index contributed by atoms with van der Waals surface area (Å²) in [6.45, 7) is 4.93. The van der Waals surface area contributed by atoms with E-state index in [1.807, 2.05) is 30.3 Å². The summed E-state index contributed by atoms with van der Waals surface area (Å²) < 4.78 is 16.4. The molecule has 1 heterocycles. The van der Waals surface area contributed by atoms with Gasteiger partial charge in [0, 0.05) is 12.1 Å². The highest BCUT2D eigenvalue weighted by Crippen LogP contribution is 2.34. The summed E-state index contributed by atoms with van der Waals surface area (Å²) in [5, 5.41) is 3.33. The number of furan rings is 1. The van der Waals surface area contributed by atoms with Crippen molar-refractivity contribution in [3.8, 4) is 22.8 Å². The number of methoxy groups -OCH3 is 2. The molecule has 0 aliphatic heterocycles. The Kier molecular flexibility index (Phi) is 4.69. The largest absolute Gasteiger partial charge is 0.497 e. The van der Waals surface area contributed by atoms with Crippen molar-refractivity contribution in [2.75, 3.05) is 14.2 Å². The van der Waals surface area contributed by atoms with Crippen LogP contribution in [0.25, 0.3) is 11.3 Å². The standard InChI is InChI=1S/C16H21NO3/c1-11(2)17-10-13-6-8-15(20-13)14-7-5-12(18-3)9-16(14)19-4/h5-9,11,17H,10H2,1-4H3. The van der Waals surface area contributed by atoms with Crippen molar-refractivity contribution in [3.63, 3.8) is 0 Å². The number of ether oxygens (including phenoxy) is 2. The third-order valence-electron chi connectivity index (χ3n) is 3.02. The van der Waals surface area contributed by atoms with Gasteiger partial charge in [-0.05, 0) is 24.3 Å². The Morgan fingerprint density at radius 1 is 1.10 bits per heavy atom. The molecule has 1 aromatic carbocycles. The zero-order valence-corrected chi connectivity index (χ0v) is 12.4. The van der Waals surface area contributed by atoms with E-state index in [1.54, 1.807) is 14.2 Å². The minimum absolute atomic E-state index is 0.430. The van der Waals surface area contributed by atoms with E-state index >= 15 is 0 Å². The molecule has 4 heteroatoms. The normalized spacial score (nSPS) is 10.8. The Hall–Kier alpha value is -1.94. The Bertz CT molecular complexity index is 561. The SMILES string of the molecule is COc1ccc(-c2ccc(CNC(C)C)o2)c(OC)c1. The van der Waals surface area contributed by atoms with Gasteiger partial charge in [0.25, 0.3) is 0 Å². The first-order valence-electron chi connectivity index (χ1n) is 6.68. The lowest BCUT2D eigenvalue weighted by Crippen LogP contribution is -2.21. The van der Waals surface area contributed by atoms with Gasteiger partial charge in [-0.15, -0.1) is 0 Å². The summed E-state index contributed by atoms with van der Waals surface area (Å²) >= 11 is 0. The van der Waals surface area contributed by atoms with Crippen LogP contribution in [0.15, 0.2) is 34.7 Å². The quantitative estimate of drug-likeness (QED) is 0.876. The minimum Gasteiger partial charge on any atom is -0.497 e. The van der Waals surface area contributed by atoms with Crippen molar-refractivity contribution < 1.29 is 13.9 Å². The number of nitrogens with one attached hydrogen (secondary N) is 1. The molecule has 0 saturated carbocycles. The van der Waals surface area contributed by atoms with E-state index in [2.05, 4.69) is 19.2 Å². The molecule has 4 nitrogen and oxygen atoms in total. The topological polar surface area (TPSA) is 43.6 Å². The zero-order valence-electron chi connectivity index (χ0n) is 12.4. The van der Waals surface area contributed by atoms with Gasteiger partial charge in [0.15, 0.2) is 0 Å². The second-order valence-corrected chi connectivity index (χ2v) is 4.87. The van der Waals surface area contributed by atoms with E-state index in [1.165, 1.54) is 0 Å². The van der Waals surface area contributed by atoms with Gasteiger partial charge in [-0.1, -0.05) is 13.8 Å². The smallest absolute Gasteiger partial charge is 0.138 e. The Morgan fingerprint density at radius 2 is 1.90 bits per heavy atom. The number of rotatable bonds is 6. The second-order valence-electron chi connectivity index (χ2n) is 4.87. The second kappa shape index (κ2) is 6.48. The Balaban J connectivity index is 2.23. The van der Waals surface area contributed by atoms with Crippen molar-refractivity contribution in [2.45, 2.75) is 26.4 Å². The zero-order chi connectivity index (χ0) is 14.5. The fourth-order valence-electron chi connectivity index (χ4n) is 1.92. The summed E-state index contributed by atoms with van der Waals surface area (Å²) in [5.41, 5.74) is 0.920. The maximum absolute atomic E-state index is 5.85. The lowest BCUT2D eigenvalue weighted by Gasteiger charge is -2.09. The molecule has 2 rings (SSSR count). The summed E-state index contributed by atoms with van der Waals surface area (Å²) in [6.07, 6.45) is 0. The summed E-state index contributed by atoms with van der Waals surface area (Å²) in [4.78, 5) is 0. The first kappa shape index (κ1) is 14.5. The highest BCUT2D eigenvalue weighted by atomic mass is 16.5. The van der Waals surface area contributed by atoms with Crippen molar-refractivity contribution in [1.29, 1.82) is 0 Å². The Labute approximate surface area is 119 Å². The maximum atomic E-state index is 5.85. The molecule has 0 fully saturated rings. The summed E-state index contributed by atoms with van der Waals surface area (Å²) in [7, 11) is 3.28. The van der Waals surface area contributed by atoms with E-state index in [4.69, 9.17) is 13.9 Å². The molecular weight excluding hydrogens is 254 g/mol. The molecule has 0 aliphatic carbocycles. The minimum atomic E-state index is 0.430. The molecule has 0 bridgehead atoms. The van der Waals surface area contributed by atoms with Gasteiger partial charge >= 0.3 is 0 Å². The molecule has 108 valence electrons. The van der Waals surface area contributed by atoms with Gasteiger partial charge < -0.3 is 19.2 Å². The van der Waals surface area contributed by atoms with Gasteiger partial charge in [-0.25, -0.2) is 0 Å². The molecule has 0 saturated heterocycles. The van der Waals surface area contributed by atoms with Gasteiger partial charge in [0.05, 0.1) is 26.3 Å². The summed E-state index contributed by atoms with van der Waals surface area (Å²) in [5.74, 6) is 3.21. The molecule has 20 heavy (non-hydrogen) atoms. The molecule has 0 aliphatic rings. The molecule has 0 unspecified atom stereocenters. The van der Waals surface area contributed by atoms with Crippen LogP contribution in [0, 0.1) is 0 Å². The van der Waals surface area contributed by atoms with Crippen LogP contribution in [-0.2, 0) is 6.54 Å². The molecule has 0 radical (unpaired) electrons. The average Bonchev–Trinajstić information content (AvgIpc) is 2.93. The fourth-order valence-corrected chi connectivity index (χ4v) is 1.92. The van der Waals surface area contributed by atoms with E-state index in [0.29, 0.717) is 6.04 Å². The van der Waals surface area contributed by atoms with Crippen molar-refractivity contribution >= 4 is 0 Å². The highest BCUT2D eigenvalue weighted by molar-refractivity contribution is 5.67. The molecule has 0 spiro atoms. The molecule has 1 N–H and O–H groups in total. The lowest BCUT2D eigenvalue weighted by atomic mass is 10.1. The van der Waals surface area contributed by atoms with Gasteiger partial charge in [-0.3, -0.25) is 0 Å². The van der Waals surface area contributed by atoms with Crippen LogP contribution in [0.1, 0.15) is 19.6 Å². The van der Waals surface area contributed by atoms with Crippen LogP contribution in [0.5, 0.6) is 11.5 Å². The van der Waals surface area contributed by atoms with Crippen LogP contribution >= 0.6 is 0 Å². The third-order valence-corrected chi connectivity index (χ3v) is 3.02. The first-order valence-corrected chi connectivity index (χ1v) is 6.68. The average molecular weight is 275 g/mol. The maximum Gasteiger partial charge on any atom is 0.138 e. The van der Waals surface area contributed by atoms with Crippen LogP contribution in [0.4, 0.5) is 0 Å². The van der Waals surface area contributed by atoms with Gasteiger partial charge in [0.1, 0.15) is 23.0 Å². The fraction of sp³-hybridized carbons (Fsp3) is 0.375. The Morgan fingerprint density at radius 3 is 2.55 bits per heavy atom.